The Morgan fingerprint density at radius 3 is 2.28 bits per heavy atom. The van der Waals surface area contributed by atoms with Gasteiger partial charge in [0.05, 0.1) is 19.1 Å². The Labute approximate surface area is 186 Å². The molecule has 0 unspecified atom stereocenters. The topological polar surface area (TPSA) is 116 Å². The Bertz CT molecular complexity index is 949. The number of hydrogen-bond acceptors (Lipinski definition) is 5. The van der Waals surface area contributed by atoms with Gasteiger partial charge in [0.15, 0.2) is 5.78 Å². The molecule has 168 valence electrons. The number of nitrogens with zero attached hydrogens (tertiary/aromatic N) is 1. The number of rotatable bonds is 10. The quantitative estimate of drug-likeness (QED) is 0.515. The minimum Gasteiger partial charge on any atom is -0.480 e. The van der Waals surface area contributed by atoms with Crippen LogP contribution in [0.2, 0.25) is 0 Å². The molecule has 1 saturated heterocycles. The number of carbonyl (C=O) groups is 4. The molecule has 2 atom stereocenters. The molecule has 1 fully saturated rings. The number of amides is 2. The van der Waals surface area contributed by atoms with Gasteiger partial charge in [-0.15, -0.1) is 0 Å². The van der Waals surface area contributed by atoms with E-state index in [1.54, 1.807) is 30.3 Å². The average molecular weight is 437 g/mol. The summed E-state index contributed by atoms with van der Waals surface area (Å²) in [5.74, 6) is -1.98. The zero-order valence-corrected chi connectivity index (χ0v) is 17.7. The number of aliphatic carboxylic acids is 1. The molecule has 1 aliphatic heterocycles. The van der Waals surface area contributed by atoms with E-state index in [0.29, 0.717) is 31.4 Å². The summed E-state index contributed by atoms with van der Waals surface area (Å²) in [6.45, 7) is 0.138. The number of carbonyl (C=O) groups excluding carboxylic acids is 3. The van der Waals surface area contributed by atoms with Crippen molar-refractivity contribution >= 4 is 23.6 Å². The number of nitrogens with one attached hydrogen (secondary N) is 2. The number of Topliss-reactive ketones (excluding diaryl/α,β-unsaturated/α-hetero) is 1. The van der Waals surface area contributed by atoms with Crippen LogP contribution in [0.25, 0.3) is 0 Å². The second kappa shape index (κ2) is 11.2. The van der Waals surface area contributed by atoms with Crippen molar-refractivity contribution in [1.29, 1.82) is 0 Å². The summed E-state index contributed by atoms with van der Waals surface area (Å²) in [4.78, 5) is 50.5. The lowest BCUT2D eigenvalue weighted by atomic mass is 10.0. The van der Waals surface area contributed by atoms with E-state index in [2.05, 4.69) is 10.6 Å². The van der Waals surface area contributed by atoms with Crippen molar-refractivity contribution in [3.8, 4) is 0 Å². The van der Waals surface area contributed by atoms with Crippen LogP contribution >= 0.6 is 0 Å². The van der Waals surface area contributed by atoms with E-state index < -0.39 is 18.1 Å². The largest absolute Gasteiger partial charge is 0.480 e. The van der Waals surface area contributed by atoms with Crippen LogP contribution in [0.1, 0.15) is 28.8 Å². The predicted octanol–water partition coefficient (Wildman–Crippen LogP) is 1.26. The van der Waals surface area contributed by atoms with E-state index in [4.69, 9.17) is 0 Å². The number of likely N-dealkylation sites (tertiary alicyclic amines) is 1. The van der Waals surface area contributed by atoms with Gasteiger partial charge in [-0.3, -0.25) is 14.4 Å². The van der Waals surface area contributed by atoms with Crippen LogP contribution < -0.4 is 10.6 Å². The molecule has 0 aromatic heterocycles. The third-order valence-corrected chi connectivity index (χ3v) is 5.45. The van der Waals surface area contributed by atoms with Crippen LogP contribution in [0.3, 0.4) is 0 Å². The smallest absolute Gasteiger partial charge is 0.326 e. The highest BCUT2D eigenvalue weighted by Crippen LogP contribution is 2.17. The molecule has 3 N–H and O–H groups in total. The fourth-order valence-corrected chi connectivity index (χ4v) is 3.77. The molecule has 1 heterocycles. The molecular formula is C24H27N3O5. The zero-order chi connectivity index (χ0) is 22.9. The van der Waals surface area contributed by atoms with Gasteiger partial charge in [-0.25, -0.2) is 4.79 Å². The Morgan fingerprint density at radius 2 is 1.62 bits per heavy atom. The molecule has 32 heavy (non-hydrogen) atoms. The van der Waals surface area contributed by atoms with Crippen LogP contribution in [0, 0.1) is 0 Å². The van der Waals surface area contributed by atoms with Gasteiger partial charge >= 0.3 is 5.97 Å². The van der Waals surface area contributed by atoms with Crippen LogP contribution in [-0.2, 0) is 20.8 Å². The highest BCUT2D eigenvalue weighted by Gasteiger charge is 2.33. The fraction of sp³-hybridized carbons (Fsp3) is 0.333. The second-order valence-electron chi connectivity index (χ2n) is 7.74. The Hall–Kier alpha value is -3.52. The molecule has 8 nitrogen and oxygen atoms in total. The van der Waals surface area contributed by atoms with E-state index in [9.17, 15) is 24.3 Å². The highest BCUT2D eigenvalue weighted by molar-refractivity contribution is 5.98. The number of carboxylic acids is 1. The van der Waals surface area contributed by atoms with E-state index in [-0.39, 0.29) is 30.7 Å². The maximum atomic E-state index is 12.9. The summed E-state index contributed by atoms with van der Waals surface area (Å²) >= 11 is 0. The van der Waals surface area contributed by atoms with Crippen molar-refractivity contribution in [3.63, 3.8) is 0 Å². The van der Waals surface area contributed by atoms with Crippen LogP contribution in [0.5, 0.6) is 0 Å². The lowest BCUT2D eigenvalue weighted by Crippen LogP contribution is -2.48. The first-order valence-electron chi connectivity index (χ1n) is 10.6. The minimum atomic E-state index is -1.02. The predicted molar refractivity (Wildman–Crippen MR) is 118 cm³/mol. The molecule has 0 bridgehead atoms. The molecular weight excluding hydrogens is 410 g/mol. The second-order valence-corrected chi connectivity index (χ2v) is 7.74. The first-order valence-corrected chi connectivity index (χ1v) is 10.6. The monoisotopic (exact) mass is 437 g/mol. The van der Waals surface area contributed by atoms with Gasteiger partial charge in [0.2, 0.25) is 5.91 Å². The van der Waals surface area contributed by atoms with Crippen LogP contribution in [0.4, 0.5) is 0 Å². The van der Waals surface area contributed by atoms with Gasteiger partial charge in [0.25, 0.3) is 5.91 Å². The van der Waals surface area contributed by atoms with E-state index in [0.717, 1.165) is 5.56 Å². The van der Waals surface area contributed by atoms with Crippen molar-refractivity contribution in [2.24, 2.45) is 0 Å². The number of benzene rings is 2. The zero-order valence-electron chi connectivity index (χ0n) is 17.7. The molecule has 3 rings (SSSR count). The normalized spacial score (nSPS) is 16.4. The van der Waals surface area contributed by atoms with E-state index in [1.165, 1.54) is 4.90 Å². The number of hydrogen-bond donors (Lipinski definition) is 3. The molecule has 2 amide bonds. The first kappa shape index (κ1) is 23.1. The van der Waals surface area contributed by atoms with Gasteiger partial charge in [-0.05, 0) is 37.0 Å². The average Bonchev–Trinajstić information content (AvgIpc) is 3.30. The maximum absolute atomic E-state index is 12.9. The van der Waals surface area contributed by atoms with Crippen molar-refractivity contribution in [2.45, 2.75) is 31.3 Å². The molecule has 0 aliphatic carbocycles. The molecule has 0 spiro atoms. The van der Waals surface area contributed by atoms with Gasteiger partial charge < -0.3 is 20.6 Å². The summed E-state index contributed by atoms with van der Waals surface area (Å²) in [5, 5.41) is 14.8. The van der Waals surface area contributed by atoms with Crippen LogP contribution in [0.15, 0.2) is 60.7 Å². The van der Waals surface area contributed by atoms with Crippen molar-refractivity contribution in [2.75, 3.05) is 19.6 Å². The molecule has 0 saturated carbocycles. The summed E-state index contributed by atoms with van der Waals surface area (Å²) in [7, 11) is 0. The van der Waals surface area contributed by atoms with Gasteiger partial charge in [0, 0.05) is 12.1 Å². The van der Waals surface area contributed by atoms with Crippen LogP contribution in [-0.4, -0.2) is 65.3 Å². The molecule has 2 aromatic carbocycles. The standard InChI is InChI=1S/C24H27N3O5/c28-21(15-25-16-22(29)27-13-7-12-20(27)24(31)32)19(14-17-8-3-1-4-9-17)26-23(30)18-10-5-2-6-11-18/h1-6,8-11,19-20,25H,7,12-16H2,(H,26,30)(H,31,32)/t19-,20-/m0/s1. The fourth-order valence-electron chi connectivity index (χ4n) is 3.77. The summed E-state index contributed by atoms with van der Waals surface area (Å²) < 4.78 is 0. The van der Waals surface area contributed by atoms with Gasteiger partial charge in [-0.2, -0.15) is 0 Å². The third-order valence-electron chi connectivity index (χ3n) is 5.45. The molecule has 2 aromatic rings. The lowest BCUT2D eigenvalue weighted by molar-refractivity contribution is -0.147. The van der Waals surface area contributed by atoms with Crippen molar-refractivity contribution in [1.82, 2.24) is 15.5 Å². The minimum absolute atomic E-state index is 0.121. The highest BCUT2D eigenvalue weighted by atomic mass is 16.4. The summed E-state index contributed by atoms with van der Waals surface area (Å²) in [6, 6.07) is 16.4. The Balaban J connectivity index is 1.59. The Morgan fingerprint density at radius 1 is 0.969 bits per heavy atom. The number of carboxylic acid groups (broad SMARTS) is 1. The summed E-state index contributed by atoms with van der Waals surface area (Å²) in [6.07, 6.45) is 1.40. The van der Waals surface area contributed by atoms with Crippen molar-refractivity contribution in [3.05, 3.63) is 71.8 Å². The molecule has 8 heteroatoms. The molecule has 0 radical (unpaired) electrons. The SMILES string of the molecule is O=C(N[C@@H](Cc1ccccc1)C(=O)CNCC(=O)N1CCC[C@H]1C(=O)O)c1ccccc1. The molecule has 1 aliphatic rings. The van der Waals surface area contributed by atoms with E-state index >= 15 is 0 Å². The first-order chi connectivity index (χ1) is 15.5. The lowest BCUT2D eigenvalue weighted by Gasteiger charge is -2.22. The van der Waals surface area contributed by atoms with Gasteiger partial charge in [0.1, 0.15) is 6.04 Å². The van der Waals surface area contributed by atoms with Crippen molar-refractivity contribution < 1.29 is 24.3 Å². The maximum Gasteiger partial charge on any atom is 0.326 e. The Kier molecular flexibility index (Phi) is 8.10. The van der Waals surface area contributed by atoms with E-state index in [1.807, 2.05) is 30.3 Å². The third kappa shape index (κ3) is 6.24. The summed E-state index contributed by atoms with van der Waals surface area (Å²) in [5.41, 5.74) is 1.35. The number of ketones is 1. The van der Waals surface area contributed by atoms with Gasteiger partial charge in [-0.1, -0.05) is 48.5 Å².